The zero-order valence-electron chi connectivity index (χ0n) is 10.2. The summed E-state index contributed by atoms with van der Waals surface area (Å²) in [6.45, 7) is 3.88. The lowest BCUT2D eigenvalue weighted by Crippen LogP contribution is -2.48. The summed E-state index contributed by atoms with van der Waals surface area (Å²) in [4.78, 5) is 18.9. The first-order chi connectivity index (χ1) is 8.43. The van der Waals surface area contributed by atoms with Gasteiger partial charge < -0.3 is 16.0 Å². The number of nitrogens with zero attached hydrogens (tertiary/aromatic N) is 1. The van der Waals surface area contributed by atoms with Gasteiger partial charge in [-0.2, -0.15) is 0 Å². The zero-order chi connectivity index (χ0) is 13.3. The lowest BCUT2D eigenvalue weighted by molar-refractivity contribution is 0.0917. The molecule has 1 aromatic heterocycles. The Bertz CT molecular complexity index is 591. The molecular weight excluding hydrogens is 235 g/mol. The van der Waals surface area contributed by atoms with Gasteiger partial charge in [0.1, 0.15) is 11.3 Å². The smallest absolute Gasteiger partial charge is 0.254 e. The third-order valence-corrected chi connectivity index (χ3v) is 2.70. The molecule has 0 unspecified atom stereocenters. The Morgan fingerprint density at radius 2 is 2.28 bits per heavy atom. The Morgan fingerprint density at radius 3 is 2.94 bits per heavy atom. The maximum Gasteiger partial charge on any atom is 0.254 e. The van der Waals surface area contributed by atoms with Crippen molar-refractivity contribution in [3.63, 3.8) is 0 Å². The van der Waals surface area contributed by atoms with Crippen LogP contribution in [0.1, 0.15) is 24.2 Å². The number of carbonyl (C=O) groups is 1. The van der Waals surface area contributed by atoms with Crippen LogP contribution in [0.4, 0.5) is 4.39 Å². The second kappa shape index (κ2) is 4.38. The van der Waals surface area contributed by atoms with Crippen LogP contribution in [-0.4, -0.2) is 28.0 Å². The molecule has 96 valence electrons. The van der Waals surface area contributed by atoms with E-state index in [4.69, 9.17) is 5.73 Å². The van der Waals surface area contributed by atoms with Gasteiger partial charge in [-0.3, -0.25) is 4.79 Å². The first-order valence-electron chi connectivity index (χ1n) is 5.58. The van der Waals surface area contributed by atoms with Crippen LogP contribution >= 0.6 is 0 Å². The molecule has 0 spiro atoms. The molecule has 0 aliphatic carbocycles. The SMILES string of the molecule is CC(C)(CN)NC(=O)c1cc(F)cc2[nH]cnc12. The largest absolute Gasteiger partial charge is 0.346 e. The van der Waals surface area contributed by atoms with Crippen molar-refractivity contribution in [2.45, 2.75) is 19.4 Å². The molecule has 0 bridgehead atoms. The van der Waals surface area contributed by atoms with Gasteiger partial charge in [-0.05, 0) is 26.0 Å². The van der Waals surface area contributed by atoms with Crippen LogP contribution in [0.2, 0.25) is 0 Å². The quantitative estimate of drug-likeness (QED) is 0.764. The van der Waals surface area contributed by atoms with Crippen molar-refractivity contribution in [1.82, 2.24) is 15.3 Å². The molecule has 18 heavy (non-hydrogen) atoms. The number of benzene rings is 1. The minimum absolute atomic E-state index is 0.202. The van der Waals surface area contributed by atoms with Crippen LogP contribution in [0.25, 0.3) is 11.0 Å². The van der Waals surface area contributed by atoms with E-state index in [0.29, 0.717) is 11.0 Å². The van der Waals surface area contributed by atoms with E-state index in [1.54, 1.807) is 13.8 Å². The van der Waals surface area contributed by atoms with Crippen LogP contribution in [0, 0.1) is 5.82 Å². The van der Waals surface area contributed by atoms with Crippen LogP contribution < -0.4 is 11.1 Å². The van der Waals surface area contributed by atoms with Crippen molar-refractivity contribution in [3.8, 4) is 0 Å². The molecule has 0 aliphatic heterocycles. The number of nitrogens with two attached hydrogens (primary N) is 1. The maximum absolute atomic E-state index is 13.4. The normalized spacial score (nSPS) is 11.8. The summed E-state index contributed by atoms with van der Waals surface area (Å²) >= 11 is 0. The van der Waals surface area contributed by atoms with Crippen molar-refractivity contribution < 1.29 is 9.18 Å². The Hall–Kier alpha value is -1.95. The summed E-state index contributed by atoms with van der Waals surface area (Å²) in [5.74, 6) is -0.871. The van der Waals surface area contributed by atoms with Gasteiger partial charge in [0.05, 0.1) is 17.4 Å². The third kappa shape index (κ3) is 2.33. The van der Waals surface area contributed by atoms with Crippen molar-refractivity contribution in [2.75, 3.05) is 6.54 Å². The highest BCUT2D eigenvalue weighted by Gasteiger charge is 2.21. The van der Waals surface area contributed by atoms with E-state index in [-0.39, 0.29) is 18.0 Å². The van der Waals surface area contributed by atoms with Gasteiger partial charge in [0, 0.05) is 12.1 Å². The molecule has 6 heteroatoms. The lowest BCUT2D eigenvalue weighted by Gasteiger charge is -2.24. The molecule has 2 aromatic rings. The van der Waals surface area contributed by atoms with Crippen LogP contribution in [0.5, 0.6) is 0 Å². The number of H-pyrrole nitrogens is 1. The molecule has 0 fully saturated rings. The van der Waals surface area contributed by atoms with Crippen LogP contribution in [-0.2, 0) is 0 Å². The van der Waals surface area contributed by atoms with E-state index in [2.05, 4.69) is 15.3 Å². The molecule has 0 saturated heterocycles. The van der Waals surface area contributed by atoms with Gasteiger partial charge in [-0.1, -0.05) is 0 Å². The highest BCUT2D eigenvalue weighted by atomic mass is 19.1. The highest BCUT2D eigenvalue weighted by molar-refractivity contribution is 6.05. The van der Waals surface area contributed by atoms with Crippen molar-refractivity contribution in [3.05, 3.63) is 29.8 Å². The number of nitrogens with one attached hydrogen (secondary N) is 2. The second-order valence-electron chi connectivity index (χ2n) is 4.79. The lowest BCUT2D eigenvalue weighted by atomic mass is 10.0. The van der Waals surface area contributed by atoms with Gasteiger partial charge in [0.15, 0.2) is 0 Å². The number of carbonyl (C=O) groups excluding carboxylic acids is 1. The van der Waals surface area contributed by atoms with Crippen molar-refractivity contribution in [2.24, 2.45) is 5.73 Å². The van der Waals surface area contributed by atoms with Crippen molar-refractivity contribution in [1.29, 1.82) is 0 Å². The summed E-state index contributed by atoms with van der Waals surface area (Å²) in [5, 5.41) is 2.75. The number of hydrogen-bond acceptors (Lipinski definition) is 3. The van der Waals surface area contributed by atoms with Crippen molar-refractivity contribution >= 4 is 16.9 Å². The highest BCUT2D eigenvalue weighted by Crippen LogP contribution is 2.17. The monoisotopic (exact) mass is 250 g/mol. The third-order valence-electron chi connectivity index (χ3n) is 2.70. The molecule has 1 aromatic carbocycles. The average molecular weight is 250 g/mol. The summed E-state index contributed by atoms with van der Waals surface area (Å²) in [7, 11) is 0. The summed E-state index contributed by atoms with van der Waals surface area (Å²) < 4.78 is 13.4. The predicted molar refractivity (Wildman–Crippen MR) is 66.7 cm³/mol. The molecule has 1 amide bonds. The maximum atomic E-state index is 13.4. The molecule has 4 N–H and O–H groups in total. The first-order valence-corrected chi connectivity index (χ1v) is 5.58. The zero-order valence-corrected chi connectivity index (χ0v) is 10.2. The van der Waals surface area contributed by atoms with E-state index in [1.165, 1.54) is 18.5 Å². The van der Waals surface area contributed by atoms with E-state index in [0.717, 1.165) is 0 Å². The minimum Gasteiger partial charge on any atom is -0.346 e. The Kier molecular flexibility index (Phi) is 3.04. The standard InChI is InChI=1S/C12H15FN4O/c1-12(2,5-14)17-11(18)8-3-7(13)4-9-10(8)16-6-15-9/h3-4,6H,5,14H2,1-2H3,(H,15,16)(H,17,18). The fourth-order valence-corrected chi connectivity index (χ4v) is 1.61. The number of aromatic nitrogens is 2. The molecule has 1 heterocycles. The minimum atomic E-state index is -0.550. The molecule has 2 rings (SSSR count). The first kappa shape index (κ1) is 12.5. The molecule has 0 saturated carbocycles. The van der Waals surface area contributed by atoms with E-state index < -0.39 is 11.4 Å². The second-order valence-corrected chi connectivity index (χ2v) is 4.79. The Labute approximate surface area is 104 Å². The van der Waals surface area contributed by atoms with Gasteiger partial charge in [0.25, 0.3) is 5.91 Å². The number of halogens is 1. The van der Waals surface area contributed by atoms with Gasteiger partial charge in [-0.25, -0.2) is 9.37 Å². The number of hydrogen-bond donors (Lipinski definition) is 3. The molecule has 0 aliphatic rings. The topological polar surface area (TPSA) is 83.8 Å². The van der Waals surface area contributed by atoms with E-state index >= 15 is 0 Å². The van der Waals surface area contributed by atoms with E-state index in [1.807, 2.05) is 0 Å². The number of rotatable bonds is 3. The summed E-state index contributed by atoms with van der Waals surface area (Å²) in [6.07, 6.45) is 1.43. The fraction of sp³-hybridized carbons (Fsp3) is 0.333. The average Bonchev–Trinajstić information content (AvgIpc) is 2.75. The predicted octanol–water partition coefficient (Wildman–Crippen LogP) is 1.17. The fourth-order valence-electron chi connectivity index (χ4n) is 1.61. The van der Waals surface area contributed by atoms with E-state index in [9.17, 15) is 9.18 Å². The Morgan fingerprint density at radius 1 is 1.56 bits per heavy atom. The molecule has 0 atom stereocenters. The van der Waals surface area contributed by atoms with Gasteiger partial charge in [-0.15, -0.1) is 0 Å². The summed E-state index contributed by atoms with van der Waals surface area (Å²) in [6, 6.07) is 2.47. The number of fused-ring (bicyclic) bond motifs is 1. The summed E-state index contributed by atoms with van der Waals surface area (Å²) in [5.41, 5.74) is 6.13. The Balaban J connectivity index is 2.41. The van der Waals surface area contributed by atoms with Gasteiger partial charge >= 0.3 is 0 Å². The molecule has 5 nitrogen and oxygen atoms in total. The van der Waals surface area contributed by atoms with Gasteiger partial charge in [0.2, 0.25) is 0 Å². The number of aromatic amines is 1. The molecule has 0 radical (unpaired) electrons. The number of amides is 1. The number of imidazole rings is 1. The van der Waals surface area contributed by atoms with Crippen LogP contribution in [0.3, 0.4) is 0 Å². The van der Waals surface area contributed by atoms with Crippen LogP contribution in [0.15, 0.2) is 18.5 Å². The molecular formula is C12H15FN4O.